The summed E-state index contributed by atoms with van der Waals surface area (Å²) >= 11 is 0. The maximum Gasteiger partial charge on any atom is 0.241 e. The quantitative estimate of drug-likeness (QED) is 0.788. The molecule has 96 valence electrons. The molecule has 0 spiro atoms. The largest absolute Gasteiger partial charge is 0.347 e. The fraction of sp³-hybridized carbons (Fsp3) is 0.846. The highest BCUT2D eigenvalue weighted by Crippen LogP contribution is 2.36. The van der Waals surface area contributed by atoms with Crippen LogP contribution in [0.15, 0.2) is 0 Å². The van der Waals surface area contributed by atoms with Gasteiger partial charge in [0.25, 0.3) is 0 Å². The Hall–Kier alpha value is -1.06. The topological polar surface area (TPSA) is 49.4 Å². The zero-order valence-electron chi connectivity index (χ0n) is 10.6. The molecule has 2 amide bonds. The van der Waals surface area contributed by atoms with Crippen molar-refractivity contribution in [2.24, 2.45) is 5.41 Å². The van der Waals surface area contributed by atoms with Crippen molar-refractivity contribution in [3.8, 4) is 0 Å². The van der Waals surface area contributed by atoms with Crippen LogP contribution in [0.2, 0.25) is 0 Å². The van der Waals surface area contributed by atoms with Gasteiger partial charge in [-0.25, -0.2) is 0 Å². The van der Waals surface area contributed by atoms with Crippen LogP contribution in [0.25, 0.3) is 0 Å². The van der Waals surface area contributed by atoms with Crippen molar-refractivity contribution in [3.05, 3.63) is 0 Å². The average molecular weight is 238 g/mol. The number of carbonyl (C=O) groups is 2. The molecular weight excluding hydrogens is 216 g/mol. The zero-order chi connectivity index (χ0) is 12.3. The highest BCUT2D eigenvalue weighted by Gasteiger charge is 2.31. The molecule has 1 N–H and O–H groups in total. The molecule has 17 heavy (non-hydrogen) atoms. The van der Waals surface area contributed by atoms with Crippen LogP contribution >= 0.6 is 0 Å². The molecule has 1 aliphatic carbocycles. The fourth-order valence-electron chi connectivity index (χ4n) is 2.93. The summed E-state index contributed by atoms with van der Waals surface area (Å²) < 4.78 is 0. The van der Waals surface area contributed by atoms with Gasteiger partial charge in [0.15, 0.2) is 0 Å². The summed E-state index contributed by atoms with van der Waals surface area (Å²) in [7, 11) is 0. The van der Waals surface area contributed by atoms with E-state index in [1.54, 1.807) is 0 Å². The van der Waals surface area contributed by atoms with E-state index in [4.69, 9.17) is 0 Å². The number of nitrogens with zero attached hydrogens (tertiary/aromatic N) is 1. The monoisotopic (exact) mass is 238 g/mol. The Balaban J connectivity index is 1.96. The van der Waals surface area contributed by atoms with E-state index in [1.165, 1.54) is 32.1 Å². The molecule has 1 saturated heterocycles. The van der Waals surface area contributed by atoms with Gasteiger partial charge in [0.1, 0.15) is 0 Å². The van der Waals surface area contributed by atoms with Crippen molar-refractivity contribution in [3.63, 3.8) is 0 Å². The Morgan fingerprint density at radius 2 is 1.94 bits per heavy atom. The average Bonchev–Trinajstić information content (AvgIpc) is 2.45. The summed E-state index contributed by atoms with van der Waals surface area (Å²) in [5.41, 5.74) is 0.265. The van der Waals surface area contributed by atoms with E-state index in [0.717, 1.165) is 6.54 Å². The van der Waals surface area contributed by atoms with E-state index in [9.17, 15) is 9.59 Å². The number of hydrogen-bond donors (Lipinski definition) is 1. The van der Waals surface area contributed by atoms with Gasteiger partial charge >= 0.3 is 0 Å². The molecule has 4 nitrogen and oxygen atoms in total. The van der Waals surface area contributed by atoms with Crippen LogP contribution in [-0.2, 0) is 9.59 Å². The number of carbonyl (C=O) groups excluding carboxylic acids is 2. The van der Waals surface area contributed by atoms with Gasteiger partial charge in [0.2, 0.25) is 11.8 Å². The van der Waals surface area contributed by atoms with Gasteiger partial charge in [-0.2, -0.15) is 0 Å². The molecule has 0 aromatic heterocycles. The minimum absolute atomic E-state index is 0.00496. The maximum absolute atomic E-state index is 11.9. The minimum atomic E-state index is -0.00496. The first-order chi connectivity index (χ1) is 8.09. The highest BCUT2D eigenvalue weighted by atomic mass is 16.2. The van der Waals surface area contributed by atoms with Gasteiger partial charge in [-0.1, -0.05) is 26.2 Å². The lowest BCUT2D eigenvalue weighted by Gasteiger charge is -2.37. The first kappa shape index (κ1) is 12.4. The molecule has 0 bridgehead atoms. The normalized spacial score (nSPS) is 25.4. The third-order valence-corrected chi connectivity index (χ3v) is 4.03. The molecule has 0 radical (unpaired) electrons. The predicted molar refractivity (Wildman–Crippen MR) is 65.4 cm³/mol. The van der Waals surface area contributed by atoms with Crippen molar-refractivity contribution in [1.29, 1.82) is 0 Å². The van der Waals surface area contributed by atoms with Crippen LogP contribution in [0.3, 0.4) is 0 Å². The van der Waals surface area contributed by atoms with E-state index in [2.05, 4.69) is 12.2 Å². The SMILES string of the molecule is CC1(CN2CCC(=O)NCC2=O)CCCCC1. The van der Waals surface area contributed by atoms with Crippen molar-refractivity contribution < 1.29 is 9.59 Å². The second kappa shape index (κ2) is 5.07. The Labute approximate surface area is 103 Å². The van der Waals surface area contributed by atoms with Crippen LogP contribution in [0.5, 0.6) is 0 Å². The molecule has 1 heterocycles. The van der Waals surface area contributed by atoms with Gasteiger partial charge in [-0.3, -0.25) is 9.59 Å². The summed E-state index contributed by atoms with van der Waals surface area (Å²) in [6, 6.07) is 0. The number of hydrogen-bond acceptors (Lipinski definition) is 2. The third-order valence-electron chi connectivity index (χ3n) is 4.03. The molecule has 1 saturated carbocycles. The standard InChI is InChI=1S/C13H22N2O2/c1-13(6-3-2-4-7-13)10-15-8-5-11(16)14-9-12(15)17/h2-10H2,1H3,(H,14,16). The maximum atomic E-state index is 11.9. The first-order valence-corrected chi connectivity index (χ1v) is 6.64. The highest BCUT2D eigenvalue weighted by molar-refractivity contribution is 5.87. The smallest absolute Gasteiger partial charge is 0.241 e. The molecule has 2 aliphatic rings. The van der Waals surface area contributed by atoms with Gasteiger partial charge in [0, 0.05) is 19.5 Å². The number of amides is 2. The van der Waals surface area contributed by atoms with Crippen molar-refractivity contribution in [2.75, 3.05) is 19.6 Å². The van der Waals surface area contributed by atoms with E-state index in [1.807, 2.05) is 4.90 Å². The number of nitrogens with one attached hydrogen (secondary N) is 1. The summed E-state index contributed by atoms with van der Waals surface area (Å²) in [5, 5.41) is 2.64. The van der Waals surface area contributed by atoms with Crippen LogP contribution in [0.4, 0.5) is 0 Å². The second-order valence-electron chi connectivity index (χ2n) is 5.71. The van der Waals surface area contributed by atoms with Crippen molar-refractivity contribution in [2.45, 2.75) is 45.4 Å². The van der Waals surface area contributed by atoms with E-state index in [-0.39, 0.29) is 23.8 Å². The minimum Gasteiger partial charge on any atom is -0.347 e. The van der Waals surface area contributed by atoms with Gasteiger partial charge in [0.05, 0.1) is 6.54 Å². The third kappa shape index (κ3) is 3.20. The van der Waals surface area contributed by atoms with Crippen LogP contribution in [0, 0.1) is 5.41 Å². The lowest BCUT2D eigenvalue weighted by molar-refractivity contribution is -0.131. The van der Waals surface area contributed by atoms with Crippen molar-refractivity contribution in [1.82, 2.24) is 10.2 Å². The lowest BCUT2D eigenvalue weighted by Crippen LogP contribution is -2.42. The number of rotatable bonds is 2. The molecular formula is C13H22N2O2. The Morgan fingerprint density at radius 3 is 2.65 bits per heavy atom. The summed E-state index contributed by atoms with van der Waals surface area (Å²) in [4.78, 5) is 25.0. The Bertz CT molecular complexity index is 309. The second-order valence-corrected chi connectivity index (χ2v) is 5.71. The molecule has 0 unspecified atom stereocenters. The van der Waals surface area contributed by atoms with Crippen LogP contribution in [-0.4, -0.2) is 36.3 Å². The van der Waals surface area contributed by atoms with Crippen LogP contribution < -0.4 is 5.32 Å². The summed E-state index contributed by atoms with van der Waals surface area (Å²) in [6.07, 6.45) is 6.73. The molecule has 2 fully saturated rings. The first-order valence-electron chi connectivity index (χ1n) is 6.64. The lowest BCUT2D eigenvalue weighted by atomic mass is 9.75. The van der Waals surface area contributed by atoms with Gasteiger partial charge in [-0.15, -0.1) is 0 Å². The van der Waals surface area contributed by atoms with Crippen molar-refractivity contribution >= 4 is 11.8 Å². The zero-order valence-corrected chi connectivity index (χ0v) is 10.6. The van der Waals surface area contributed by atoms with E-state index < -0.39 is 0 Å². The summed E-state index contributed by atoms with van der Waals surface area (Å²) in [5.74, 6) is 0.0669. The Morgan fingerprint density at radius 1 is 1.24 bits per heavy atom. The molecule has 4 heteroatoms. The van der Waals surface area contributed by atoms with Crippen LogP contribution in [0.1, 0.15) is 45.4 Å². The molecule has 0 atom stereocenters. The van der Waals surface area contributed by atoms with Gasteiger partial charge in [-0.05, 0) is 18.3 Å². The molecule has 0 aromatic carbocycles. The van der Waals surface area contributed by atoms with E-state index >= 15 is 0 Å². The Kier molecular flexibility index (Phi) is 3.69. The molecule has 1 aliphatic heterocycles. The molecule has 2 rings (SSSR count). The molecule has 0 aromatic rings. The van der Waals surface area contributed by atoms with E-state index in [0.29, 0.717) is 13.0 Å². The van der Waals surface area contributed by atoms with Gasteiger partial charge < -0.3 is 10.2 Å². The summed E-state index contributed by atoms with van der Waals surface area (Å²) in [6.45, 7) is 3.86. The predicted octanol–water partition coefficient (Wildman–Crippen LogP) is 1.31. The fourth-order valence-corrected chi connectivity index (χ4v) is 2.93.